The van der Waals surface area contributed by atoms with E-state index >= 15 is 0 Å². The number of hydrogen-bond acceptors (Lipinski definition) is 1. The third kappa shape index (κ3) is 3.01. The first kappa shape index (κ1) is 15.4. The molecule has 1 N–H and O–H groups in total. The van der Waals surface area contributed by atoms with Gasteiger partial charge < -0.3 is 5.32 Å². The summed E-state index contributed by atoms with van der Waals surface area (Å²) in [6.07, 6.45) is 0. The van der Waals surface area contributed by atoms with Crippen molar-refractivity contribution >= 4 is 23.2 Å². The van der Waals surface area contributed by atoms with Crippen molar-refractivity contribution < 1.29 is 0 Å². The molecule has 2 atom stereocenters. The number of nitrogens with one attached hydrogen (secondary N) is 1. The van der Waals surface area contributed by atoms with Crippen LogP contribution in [0.2, 0.25) is 10.0 Å². The highest BCUT2D eigenvalue weighted by atomic mass is 35.5. The maximum atomic E-state index is 6.48. The molecule has 2 rings (SSSR count). The second kappa shape index (κ2) is 6.62. The maximum Gasteiger partial charge on any atom is 0.0633 e. The lowest BCUT2D eigenvalue weighted by molar-refractivity contribution is 0.641. The molecule has 0 heterocycles. The van der Waals surface area contributed by atoms with E-state index in [1.165, 1.54) is 11.1 Å². The van der Waals surface area contributed by atoms with Crippen LogP contribution >= 0.6 is 23.2 Å². The summed E-state index contributed by atoms with van der Waals surface area (Å²) in [5, 5.41) is 4.54. The molecule has 0 saturated heterocycles. The predicted octanol–water partition coefficient (Wildman–Crippen LogP) is 5.43. The average Bonchev–Trinajstić information content (AvgIpc) is 2.49. The fourth-order valence-corrected chi connectivity index (χ4v) is 2.96. The number of rotatable bonds is 4. The Kier molecular flexibility index (Phi) is 5.09. The zero-order chi connectivity index (χ0) is 14.7. The summed E-state index contributed by atoms with van der Waals surface area (Å²) in [5.74, 6) is 0.202. The molecule has 0 spiro atoms. The highest BCUT2D eigenvalue weighted by Crippen LogP contribution is 2.39. The van der Waals surface area contributed by atoms with Crippen LogP contribution in [0.1, 0.15) is 42.5 Å². The second-order valence-electron chi connectivity index (χ2n) is 5.01. The lowest BCUT2D eigenvalue weighted by atomic mass is 9.87. The zero-order valence-corrected chi connectivity index (χ0v) is 13.5. The van der Waals surface area contributed by atoms with E-state index in [1.54, 1.807) is 0 Å². The fourth-order valence-electron chi connectivity index (χ4n) is 2.46. The summed E-state index contributed by atoms with van der Waals surface area (Å²) >= 11 is 12.7. The van der Waals surface area contributed by atoms with E-state index in [2.05, 4.69) is 37.4 Å². The van der Waals surface area contributed by atoms with Crippen molar-refractivity contribution in [3.63, 3.8) is 0 Å². The molecule has 0 saturated carbocycles. The third-order valence-corrected chi connectivity index (χ3v) is 4.62. The Hall–Kier alpha value is -1.02. The van der Waals surface area contributed by atoms with Crippen LogP contribution in [-0.2, 0) is 0 Å². The number of halogens is 2. The van der Waals surface area contributed by atoms with Gasteiger partial charge in [0.15, 0.2) is 0 Å². The summed E-state index contributed by atoms with van der Waals surface area (Å²) < 4.78 is 0. The van der Waals surface area contributed by atoms with Crippen LogP contribution in [0.3, 0.4) is 0 Å². The molecule has 2 aromatic rings. The summed E-state index contributed by atoms with van der Waals surface area (Å²) in [4.78, 5) is 0. The first-order valence-electron chi connectivity index (χ1n) is 6.76. The van der Waals surface area contributed by atoms with Gasteiger partial charge in [-0.15, -0.1) is 0 Å². The van der Waals surface area contributed by atoms with Gasteiger partial charge in [0.25, 0.3) is 0 Å². The Labute approximate surface area is 130 Å². The van der Waals surface area contributed by atoms with Gasteiger partial charge in [0, 0.05) is 12.0 Å². The van der Waals surface area contributed by atoms with Gasteiger partial charge in [0.05, 0.1) is 10.0 Å². The Morgan fingerprint density at radius 2 is 1.60 bits per heavy atom. The minimum absolute atomic E-state index is 0.202. The van der Waals surface area contributed by atoms with Gasteiger partial charge in [-0.05, 0) is 36.7 Å². The van der Waals surface area contributed by atoms with E-state index in [-0.39, 0.29) is 12.0 Å². The molecule has 1 nitrogen and oxygen atoms in total. The Bertz CT molecular complexity index is 581. The molecule has 0 fully saturated rings. The lowest BCUT2D eigenvalue weighted by Crippen LogP contribution is -2.16. The number of hydrogen-bond donors (Lipinski definition) is 1. The van der Waals surface area contributed by atoms with Crippen LogP contribution in [-0.4, -0.2) is 7.05 Å². The van der Waals surface area contributed by atoms with Crippen molar-refractivity contribution in [1.29, 1.82) is 0 Å². The van der Waals surface area contributed by atoms with Crippen LogP contribution in [0, 0.1) is 0 Å². The van der Waals surface area contributed by atoms with Crippen LogP contribution in [0.25, 0.3) is 0 Å². The molecular weight excluding hydrogens is 289 g/mol. The molecule has 20 heavy (non-hydrogen) atoms. The van der Waals surface area contributed by atoms with Gasteiger partial charge in [-0.2, -0.15) is 0 Å². The Morgan fingerprint density at radius 1 is 0.950 bits per heavy atom. The maximum absolute atomic E-state index is 6.48. The molecular formula is C17H19Cl2N. The van der Waals surface area contributed by atoms with E-state index < -0.39 is 0 Å². The highest BCUT2D eigenvalue weighted by Gasteiger charge is 2.20. The molecule has 0 aliphatic carbocycles. The van der Waals surface area contributed by atoms with Crippen LogP contribution in [0.5, 0.6) is 0 Å². The molecule has 106 valence electrons. The molecule has 3 heteroatoms. The minimum atomic E-state index is 0.202. The lowest BCUT2D eigenvalue weighted by Gasteiger charge is -2.23. The van der Waals surface area contributed by atoms with Crippen molar-refractivity contribution in [2.24, 2.45) is 0 Å². The fraction of sp³-hybridized carbons (Fsp3) is 0.294. The van der Waals surface area contributed by atoms with Gasteiger partial charge >= 0.3 is 0 Å². The normalized spacial score (nSPS) is 14.1. The van der Waals surface area contributed by atoms with E-state index in [9.17, 15) is 0 Å². The Balaban J connectivity index is 2.56. The van der Waals surface area contributed by atoms with E-state index in [4.69, 9.17) is 23.2 Å². The van der Waals surface area contributed by atoms with Gasteiger partial charge in [-0.3, -0.25) is 0 Å². The Morgan fingerprint density at radius 3 is 2.20 bits per heavy atom. The highest BCUT2D eigenvalue weighted by molar-refractivity contribution is 6.42. The molecule has 0 aliphatic heterocycles. The third-order valence-electron chi connectivity index (χ3n) is 3.80. The largest absolute Gasteiger partial charge is 0.313 e. The van der Waals surface area contributed by atoms with E-state index in [1.807, 2.05) is 31.3 Å². The molecule has 0 amide bonds. The van der Waals surface area contributed by atoms with Gasteiger partial charge in [-0.25, -0.2) is 0 Å². The summed E-state index contributed by atoms with van der Waals surface area (Å²) in [6.45, 7) is 4.29. The minimum Gasteiger partial charge on any atom is -0.313 e. The van der Waals surface area contributed by atoms with Gasteiger partial charge in [0.2, 0.25) is 0 Å². The number of benzene rings is 2. The van der Waals surface area contributed by atoms with Crippen molar-refractivity contribution in [2.45, 2.75) is 25.8 Å². The summed E-state index contributed by atoms with van der Waals surface area (Å²) in [6, 6.07) is 14.5. The second-order valence-corrected chi connectivity index (χ2v) is 5.79. The van der Waals surface area contributed by atoms with Crippen LogP contribution < -0.4 is 5.32 Å². The van der Waals surface area contributed by atoms with Crippen LogP contribution in [0.4, 0.5) is 0 Å². The molecule has 0 bridgehead atoms. The smallest absolute Gasteiger partial charge is 0.0633 e. The van der Waals surface area contributed by atoms with E-state index in [0.717, 1.165) is 5.56 Å². The summed E-state index contributed by atoms with van der Waals surface area (Å²) in [5.41, 5.74) is 3.53. The quantitative estimate of drug-likeness (QED) is 0.794. The van der Waals surface area contributed by atoms with Crippen molar-refractivity contribution in [1.82, 2.24) is 5.32 Å². The molecule has 0 aliphatic rings. The first-order valence-corrected chi connectivity index (χ1v) is 7.51. The van der Waals surface area contributed by atoms with Crippen molar-refractivity contribution in [3.05, 3.63) is 69.2 Å². The molecule has 0 radical (unpaired) electrons. The molecule has 0 aromatic heterocycles. The van der Waals surface area contributed by atoms with E-state index in [0.29, 0.717) is 10.0 Å². The topological polar surface area (TPSA) is 12.0 Å². The zero-order valence-electron chi connectivity index (χ0n) is 12.0. The van der Waals surface area contributed by atoms with Crippen molar-refractivity contribution in [3.8, 4) is 0 Å². The average molecular weight is 308 g/mol. The first-order chi connectivity index (χ1) is 9.56. The monoisotopic (exact) mass is 307 g/mol. The SMILES string of the molecule is CNC(C)c1ccc(Cl)c(Cl)c1C(C)c1ccccc1. The standard InChI is InChI=1S/C17H19Cl2N/c1-11(13-7-5-4-6-8-13)16-14(12(2)20-3)9-10-15(18)17(16)19/h4-12,20H,1-3H3. The van der Waals surface area contributed by atoms with Gasteiger partial charge in [-0.1, -0.05) is 66.5 Å². The molecule has 2 unspecified atom stereocenters. The van der Waals surface area contributed by atoms with Gasteiger partial charge in [0.1, 0.15) is 0 Å². The van der Waals surface area contributed by atoms with Crippen LogP contribution in [0.15, 0.2) is 42.5 Å². The summed E-state index contributed by atoms with van der Waals surface area (Å²) in [7, 11) is 1.95. The van der Waals surface area contributed by atoms with Crippen molar-refractivity contribution in [2.75, 3.05) is 7.05 Å². The molecule has 2 aromatic carbocycles. The predicted molar refractivity (Wildman–Crippen MR) is 87.9 cm³/mol.